The van der Waals surface area contributed by atoms with E-state index < -0.39 is 0 Å². The minimum Gasteiger partial charge on any atom is -0.345 e. The summed E-state index contributed by atoms with van der Waals surface area (Å²) in [5, 5.41) is 12.0. The molecule has 1 amide bonds. The van der Waals surface area contributed by atoms with Crippen LogP contribution in [0.5, 0.6) is 0 Å². The molecular formula is C22H22Cl2N4OS2. The minimum atomic E-state index is -0.115. The third kappa shape index (κ3) is 5.23. The molecule has 0 bridgehead atoms. The highest BCUT2D eigenvalue weighted by molar-refractivity contribution is 7.97. The molecule has 0 unspecified atom stereocenters. The first kappa shape index (κ1) is 22.6. The van der Waals surface area contributed by atoms with Crippen molar-refractivity contribution in [2.24, 2.45) is 0 Å². The fourth-order valence-corrected chi connectivity index (χ4v) is 5.91. The zero-order chi connectivity index (χ0) is 22.0. The molecule has 3 aromatic rings. The Balaban J connectivity index is 1.40. The maximum atomic E-state index is 12.2. The van der Waals surface area contributed by atoms with Gasteiger partial charge in [0.15, 0.2) is 0 Å². The van der Waals surface area contributed by atoms with Crippen LogP contribution in [0.15, 0.2) is 47.4 Å². The van der Waals surface area contributed by atoms with Crippen molar-refractivity contribution in [3.05, 3.63) is 63.1 Å². The van der Waals surface area contributed by atoms with Gasteiger partial charge in [0.1, 0.15) is 10.0 Å². The second-order valence-electron chi connectivity index (χ2n) is 7.56. The van der Waals surface area contributed by atoms with Crippen molar-refractivity contribution < 1.29 is 4.79 Å². The summed E-state index contributed by atoms with van der Waals surface area (Å²) in [6, 6.07) is 13.4. The van der Waals surface area contributed by atoms with Gasteiger partial charge in [0.25, 0.3) is 5.91 Å². The molecule has 1 aliphatic heterocycles. The van der Waals surface area contributed by atoms with Gasteiger partial charge in [0, 0.05) is 43.6 Å². The van der Waals surface area contributed by atoms with Gasteiger partial charge in [-0.15, -0.1) is 10.2 Å². The van der Waals surface area contributed by atoms with Crippen LogP contribution < -0.4 is 0 Å². The minimum absolute atomic E-state index is 0.115. The molecule has 9 heteroatoms. The molecule has 4 rings (SSSR count). The van der Waals surface area contributed by atoms with Gasteiger partial charge >= 0.3 is 0 Å². The zero-order valence-corrected chi connectivity index (χ0v) is 20.4. The Kier molecular flexibility index (Phi) is 7.19. The Hall–Kier alpha value is -1.64. The second kappa shape index (κ2) is 9.88. The standard InChI is InChI=1S/C22H22Cl2N4OS2/c1-27(2)22(29)16-8-7-15(13-18(16)24)21-26-25-20(30-21)14-9-11-28(12-10-14)31-19-6-4-3-5-17(19)23/h3-8,13-14H,9-12H2,1-2H3. The van der Waals surface area contributed by atoms with Gasteiger partial charge in [0.2, 0.25) is 0 Å². The van der Waals surface area contributed by atoms with E-state index in [0.717, 1.165) is 51.4 Å². The average Bonchev–Trinajstić information content (AvgIpc) is 3.25. The largest absolute Gasteiger partial charge is 0.345 e. The van der Waals surface area contributed by atoms with Crippen LogP contribution in [0.2, 0.25) is 10.0 Å². The highest BCUT2D eigenvalue weighted by Gasteiger charge is 2.25. The number of rotatable bonds is 5. The van der Waals surface area contributed by atoms with E-state index in [1.807, 2.05) is 24.3 Å². The first-order valence-electron chi connectivity index (χ1n) is 9.95. The number of nitrogens with zero attached hydrogens (tertiary/aromatic N) is 4. The quantitative estimate of drug-likeness (QED) is 0.402. The topological polar surface area (TPSA) is 49.3 Å². The van der Waals surface area contributed by atoms with Crippen molar-refractivity contribution in [2.45, 2.75) is 23.7 Å². The van der Waals surface area contributed by atoms with Gasteiger partial charge in [-0.3, -0.25) is 4.79 Å². The van der Waals surface area contributed by atoms with Gasteiger partial charge in [-0.05, 0) is 49.1 Å². The summed E-state index contributed by atoms with van der Waals surface area (Å²) in [6.07, 6.45) is 2.06. The van der Waals surface area contributed by atoms with Crippen LogP contribution in [0, 0.1) is 0 Å². The smallest absolute Gasteiger partial charge is 0.254 e. The van der Waals surface area contributed by atoms with Gasteiger partial charge in [-0.1, -0.05) is 52.7 Å². The summed E-state index contributed by atoms with van der Waals surface area (Å²) in [5.74, 6) is 0.287. The SMILES string of the molecule is CN(C)C(=O)c1ccc(-c2nnc(C3CCN(Sc4ccccc4Cl)CC3)s2)cc1Cl. The summed E-state index contributed by atoms with van der Waals surface area (Å²) < 4.78 is 2.36. The molecule has 1 aromatic heterocycles. The Morgan fingerprint density at radius 3 is 2.52 bits per heavy atom. The van der Waals surface area contributed by atoms with Crippen LogP contribution >= 0.6 is 46.5 Å². The lowest BCUT2D eigenvalue weighted by molar-refractivity contribution is 0.0828. The predicted octanol–water partition coefficient (Wildman–Crippen LogP) is 6.10. The van der Waals surface area contributed by atoms with Crippen molar-refractivity contribution in [3.63, 3.8) is 0 Å². The molecule has 1 saturated heterocycles. The van der Waals surface area contributed by atoms with Crippen molar-refractivity contribution in [1.29, 1.82) is 0 Å². The molecule has 31 heavy (non-hydrogen) atoms. The first-order valence-corrected chi connectivity index (χ1v) is 12.3. The van der Waals surface area contributed by atoms with Crippen LogP contribution in [0.1, 0.15) is 34.1 Å². The lowest BCUT2D eigenvalue weighted by atomic mass is 9.99. The number of aromatic nitrogens is 2. The Morgan fingerprint density at radius 1 is 1.10 bits per heavy atom. The van der Waals surface area contributed by atoms with E-state index in [1.54, 1.807) is 49.5 Å². The van der Waals surface area contributed by atoms with Crippen LogP contribution in [0.3, 0.4) is 0 Å². The summed E-state index contributed by atoms with van der Waals surface area (Å²) in [5.41, 5.74) is 1.37. The molecule has 1 aliphatic rings. The Bertz CT molecular complexity index is 1080. The summed E-state index contributed by atoms with van der Waals surface area (Å²) >= 11 is 16.0. The van der Waals surface area contributed by atoms with E-state index in [9.17, 15) is 4.79 Å². The summed E-state index contributed by atoms with van der Waals surface area (Å²) in [4.78, 5) is 14.8. The molecule has 2 heterocycles. The number of carbonyl (C=O) groups is 1. The number of halogens is 2. The molecule has 0 spiro atoms. The van der Waals surface area contributed by atoms with Gasteiger partial charge in [-0.2, -0.15) is 0 Å². The molecule has 0 N–H and O–H groups in total. The van der Waals surface area contributed by atoms with Gasteiger partial charge in [-0.25, -0.2) is 4.31 Å². The number of amides is 1. The highest BCUT2D eigenvalue weighted by atomic mass is 35.5. The molecule has 5 nitrogen and oxygen atoms in total. The van der Waals surface area contributed by atoms with Gasteiger partial charge < -0.3 is 4.90 Å². The van der Waals surface area contributed by atoms with E-state index in [4.69, 9.17) is 23.2 Å². The highest BCUT2D eigenvalue weighted by Crippen LogP contribution is 2.38. The van der Waals surface area contributed by atoms with Gasteiger partial charge in [0.05, 0.1) is 15.6 Å². The molecule has 162 valence electrons. The Labute approximate surface area is 200 Å². The molecule has 2 aromatic carbocycles. The zero-order valence-electron chi connectivity index (χ0n) is 17.2. The van der Waals surface area contributed by atoms with Crippen molar-refractivity contribution in [3.8, 4) is 10.6 Å². The average molecular weight is 493 g/mol. The number of carbonyl (C=O) groups excluding carboxylic acids is 1. The van der Waals surface area contributed by atoms with Crippen molar-refractivity contribution in [2.75, 3.05) is 27.2 Å². The monoisotopic (exact) mass is 492 g/mol. The van der Waals surface area contributed by atoms with E-state index in [2.05, 4.69) is 20.6 Å². The van der Waals surface area contributed by atoms with Crippen LogP contribution in [0.25, 0.3) is 10.6 Å². The number of piperidine rings is 1. The normalized spacial score (nSPS) is 15.2. The number of hydrogen-bond acceptors (Lipinski definition) is 6. The fourth-order valence-electron chi connectivity index (χ4n) is 3.43. The Morgan fingerprint density at radius 2 is 1.84 bits per heavy atom. The van der Waals surface area contributed by atoms with Crippen molar-refractivity contribution >= 4 is 52.4 Å². The van der Waals surface area contributed by atoms with Crippen LogP contribution in [-0.2, 0) is 0 Å². The maximum Gasteiger partial charge on any atom is 0.254 e. The predicted molar refractivity (Wildman–Crippen MR) is 129 cm³/mol. The fraction of sp³-hybridized carbons (Fsp3) is 0.318. The molecule has 0 atom stereocenters. The molecule has 0 radical (unpaired) electrons. The molecule has 0 aliphatic carbocycles. The first-order chi connectivity index (χ1) is 14.9. The van der Waals surface area contributed by atoms with E-state index >= 15 is 0 Å². The van der Waals surface area contributed by atoms with E-state index in [1.165, 1.54) is 4.90 Å². The van der Waals surface area contributed by atoms with Crippen molar-refractivity contribution in [1.82, 2.24) is 19.4 Å². The molecular weight excluding hydrogens is 471 g/mol. The third-order valence-corrected chi connectivity index (χ3v) is 8.23. The summed E-state index contributed by atoms with van der Waals surface area (Å²) in [6.45, 7) is 1.95. The van der Waals surface area contributed by atoms with E-state index in [0.29, 0.717) is 16.5 Å². The maximum absolute atomic E-state index is 12.2. The summed E-state index contributed by atoms with van der Waals surface area (Å²) in [7, 11) is 3.42. The molecule has 1 fully saturated rings. The van der Waals surface area contributed by atoms with Crippen LogP contribution in [-0.4, -0.2) is 52.5 Å². The number of benzene rings is 2. The third-order valence-electron chi connectivity index (χ3n) is 5.16. The lowest BCUT2D eigenvalue weighted by Gasteiger charge is -2.29. The van der Waals surface area contributed by atoms with Crippen LogP contribution in [0.4, 0.5) is 0 Å². The molecule has 0 saturated carbocycles. The van der Waals surface area contributed by atoms with E-state index in [-0.39, 0.29) is 5.91 Å². The number of hydrogen-bond donors (Lipinski definition) is 0. The lowest BCUT2D eigenvalue weighted by Crippen LogP contribution is -2.27. The second-order valence-corrected chi connectivity index (χ2v) is 10.5.